The van der Waals surface area contributed by atoms with Gasteiger partial charge in [-0.15, -0.1) is 5.10 Å². The van der Waals surface area contributed by atoms with Crippen LogP contribution in [0.4, 0.5) is 16.0 Å². The van der Waals surface area contributed by atoms with E-state index in [9.17, 15) is 14.0 Å². The number of hydrogen-bond donors (Lipinski definition) is 2. The van der Waals surface area contributed by atoms with Gasteiger partial charge in [-0.3, -0.25) is 14.9 Å². The average molecular weight is 351 g/mol. The van der Waals surface area contributed by atoms with E-state index in [4.69, 9.17) is 0 Å². The Bertz CT molecular complexity index is 986. The van der Waals surface area contributed by atoms with E-state index >= 15 is 0 Å². The summed E-state index contributed by atoms with van der Waals surface area (Å²) in [6.07, 6.45) is -0.176. The van der Waals surface area contributed by atoms with Gasteiger partial charge in [0.1, 0.15) is 11.9 Å². The van der Waals surface area contributed by atoms with Crippen molar-refractivity contribution in [3.63, 3.8) is 0 Å². The van der Waals surface area contributed by atoms with Crippen molar-refractivity contribution in [3.05, 3.63) is 60.4 Å². The van der Waals surface area contributed by atoms with Crippen LogP contribution < -0.4 is 10.6 Å². The highest BCUT2D eigenvalue weighted by molar-refractivity contribution is 6.01. The van der Waals surface area contributed by atoms with Gasteiger partial charge in [-0.1, -0.05) is 42.5 Å². The normalized spacial score (nSPS) is 15.4. The third kappa shape index (κ3) is 2.92. The van der Waals surface area contributed by atoms with Crippen LogP contribution in [0.5, 0.6) is 0 Å². The Morgan fingerprint density at radius 1 is 1.15 bits per heavy atom. The minimum Gasteiger partial charge on any atom is -0.324 e. The van der Waals surface area contributed by atoms with Gasteiger partial charge in [-0.05, 0) is 12.1 Å². The van der Waals surface area contributed by atoms with Gasteiger partial charge in [0.25, 0.3) is 5.91 Å². The third-order valence-corrected chi connectivity index (χ3v) is 4.02. The maximum absolute atomic E-state index is 13.6. The van der Waals surface area contributed by atoms with E-state index in [1.54, 1.807) is 6.07 Å². The molecule has 1 aromatic heterocycles. The van der Waals surface area contributed by atoms with E-state index in [-0.39, 0.29) is 24.0 Å². The zero-order valence-corrected chi connectivity index (χ0v) is 13.5. The van der Waals surface area contributed by atoms with Crippen molar-refractivity contribution < 1.29 is 14.0 Å². The zero-order valence-electron chi connectivity index (χ0n) is 13.5. The van der Waals surface area contributed by atoms with Crippen molar-refractivity contribution in [2.24, 2.45) is 0 Å². The Balaban J connectivity index is 1.53. The van der Waals surface area contributed by atoms with Crippen LogP contribution in [0.15, 0.2) is 54.6 Å². The Morgan fingerprint density at radius 2 is 1.88 bits per heavy atom. The molecule has 2 heterocycles. The van der Waals surface area contributed by atoms with Gasteiger partial charge >= 0.3 is 0 Å². The topological polar surface area (TPSA) is 88.9 Å². The predicted molar refractivity (Wildman–Crippen MR) is 92.8 cm³/mol. The lowest BCUT2D eigenvalue weighted by atomic mass is 10.2. The number of amides is 2. The summed E-state index contributed by atoms with van der Waals surface area (Å²) < 4.78 is 15.0. The summed E-state index contributed by atoms with van der Waals surface area (Å²) in [7, 11) is 0. The Kier molecular flexibility index (Phi) is 3.92. The summed E-state index contributed by atoms with van der Waals surface area (Å²) >= 11 is 0. The van der Waals surface area contributed by atoms with E-state index in [0.717, 1.165) is 5.56 Å². The monoisotopic (exact) mass is 351 g/mol. The van der Waals surface area contributed by atoms with Crippen LogP contribution in [0.25, 0.3) is 11.4 Å². The minimum atomic E-state index is -0.832. The van der Waals surface area contributed by atoms with Crippen LogP contribution in [-0.2, 0) is 9.59 Å². The lowest BCUT2D eigenvalue weighted by Gasteiger charge is -2.10. The van der Waals surface area contributed by atoms with Gasteiger partial charge in [0.15, 0.2) is 5.82 Å². The number of carbonyl (C=O) groups is 2. The number of halogens is 1. The van der Waals surface area contributed by atoms with Crippen LogP contribution in [0.1, 0.15) is 12.5 Å². The third-order valence-electron chi connectivity index (χ3n) is 4.02. The van der Waals surface area contributed by atoms with Crippen molar-refractivity contribution in [2.45, 2.75) is 12.5 Å². The highest BCUT2D eigenvalue weighted by Crippen LogP contribution is 2.28. The van der Waals surface area contributed by atoms with Gasteiger partial charge in [-0.25, -0.2) is 9.07 Å². The number of fused-ring (bicyclic) bond motifs is 1. The number of aromatic nitrogens is 3. The van der Waals surface area contributed by atoms with E-state index in [2.05, 4.69) is 20.7 Å². The van der Waals surface area contributed by atoms with E-state index < -0.39 is 17.8 Å². The molecule has 26 heavy (non-hydrogen) atoms. The number of para-hydroxylation sites is 1. The van der Waals surface area contributed by atoms with Crippen molar-refractivity contribution >= 4 is 23.5 Å². The first kappa shape index (κ1) is 15.9. The van der Waals surface area contributed by atoms with Crippen LogP contribution in [0.3, 0.4) is 0 Å². The molecule has 2 N–H and O–H groups in total. The largest absolute Gasteiger partial charge is 0.324 e. The molecule has 0 aliphatic carbocycles. The zero-order chi connectivity index (χ0) is 18.1. The lowest BCUT2D eigenvalue weighted by molar-refractivity contribution is -0.123. The molecule has 0 saturated carbocycles. The smallest absolute Gasteiger partial charge is 0.252 e. The van der Waals surface area contributed by atoms with Crippen molar-refractivity contribution in [1.29, 1.82) is 0 Å². The molecule has 1 unspecified atom stereocenters. The lowest BCUT2D eigenvalue weighted by Crippen LogP contribution is -2.24. The standard InChI is InChI=1S/C18H14FN5O2/c19-12-8-4-5-9-13(12)20-15(25)10-14-17(26)22-18-21-16(23-24(14)18)11-6-2-1-3-7-11/h1-9,14H,10H2,(H,20,25)(H,21,22,23,26). The van der Waals surface area contributed by atoms with Crippen LogP contribution in [-0.4, -0.2) is 26.6 Å². The minimum absolute atomic E-state index is 0.0692. The Hall–Kier alpha value is -3.55. The molecule has 0 radical (unpaired) electrons. The number of carbonyl (C=O) groups excluding carboxylic acids is 2. The first-order valence-electron chi connectivity index (χ1n) is 7.99. The van der Waals surface area contributed by atoms with Gasteiger partial charge in [-0.2, -0.15) is 4.98 Å². The first-order chi connectivity index (χ1) is 12.6. The summed E-state index contributed by atoms with van der Waals surface area (Å²) in [6, 6.07) is 14.3. The fourth-order valence-corrected chi connectivity index (χ4v) is 2.76. The fraction of sp³-hybridized carbons (Fsp3) is 0.111. The molecule has 130 valence electrons. The molecule has 8 heteroatoms. The second-order valence-electron chi connectivity index (χ2n) is 5.81. The van der Waals surface area contributed by atoms with Gasteiger partial charge in [0.05, 0.1) is 12.1 Å². The molecule has 0 spiro atoms. The summed E-state index contributed by atoms with van der Waals surface area (Å²) in [4.78, 5) is 28.7. The van der Waals surface area contributed by atoms with Gasteiger partial charge in [0.2, 0.25) is 11.9 Å². The molecule has 4 rings (SSSR count). The second-order valence-corrected chi connectivity index (χ2v) is 5.81. The second kappa shape index (κ2) is 6.40. The van der Waals surface area contributed by atoms with Crippen LogP contribution >= 0.6 is 0 Å². The quantitative estimate of drug-likeness (QED) is 0.756. The first-order valence-corrected chi connectivity index (χ1v) is 7.99. The van der Waals surface area contributed by atoms with Crippen LogP contribution in [0, 0.1) is 5.82 Å². The number of nitrogens with zero attached hydrogens (tertiary/aromatic N) is 3. The van der Waals surface area contributed by atoms with Crippen molar-refractivity contribution in [1.82, 2.24) is 14.8 Å². The molecule has 1 atom stereocenters. The highest BCUT2D eigenvalue weighted by Gasteiger charge is 2.35. The summed E-state index contributed by atoms with van der Waals surface area (Å²) in [5.74, 6) is -0.648. The van der Waals surface area contributed by atoms with Crippen molar-refractivity contribution in [3.8, 4) is 11.4 Å². The molecule has 0 fully saturated rings. The number of anilines is 2. The van der Waals surface area contributed by atoms with Crippen LogP contribution in [0.2, 0.25) is 0 Å². The maximum Gasteiger partial charge on any atom is 0.252 e. The summed E-state index contributed by atoms with van der Waals surface area (Å²) in [5, 5.41) is 9.42. The van der Waals surface area contributed by atoms with Crippen molar-refractivity contribution in [2.75, 3.05) is 10.6 Å². The summed E-state index contributed by atoms with van der Waals surface area (Å²) in [5.41, 5.74) is 0.873. The predicted octanol–water partition coefficient (Wildman–Crippen LogP) is 2.61. The fourth-order valence-electron chi connectivity index (χ4n) is 2.76. The molecule has 2 amide bonds. The summed E-state index contributed by atoms with van der Waals surface area (Å²) in [6.45, 7) is 0. The molecule has 1 aliphatic heterocycles. The average Bonchev–Trinajstić information content (AvgIpc) is 3.17. The number of benzene rings is 2. The maximum atomic E-state index is 13.6. The van der Waals surface area contributed by atoms with Gasteiger partial charge in [0, 0.05) is 5.56 Å². The van der Waals surface area contributed by atoms with Gasteiger partial charge < -0.3 is 5.32 Å². The molecule has 7 nitrogen and oxygen atoms in total. The Labute approximate surface area is 147 Å². The molecular weight excluding hydrogens is 337 g/mol. The van der Waals surface area contributed by atoms with E-state index in [1.807, 2.05) is 30.3 Å². The highest BCUT2D eigenvalue weighted by atomic mass is 19.1. The number of rotatable bonds is 4. The number of nitrogens with one attached hydrogen (secondary N) is 2. The molecular formula is C18H14FN5O2. The van der Waals surface area contributed by atoms with E-state index in [1.165, 1.54) is 22.9 Å². The molecule has 1 aliphatic rings. The molecule has 0 saturated heterocycles. The Morgan fingerprint density at radius 3 is 2.65 bits per heavy atom. The molecule has 3 aromatic rings. The number of hydrogen-bond acceptors (Lipinski definition) is 4. The molecule has 0 bridgehead atoms. The van der Waals surface area contributed by atoms with E-state index in [0.29, 0.717) is 5.82 Å². The molecule has 2 aromatic carbocycles. The SMILES string of the molecule is O=C(CC1C(=O)Nc2nc(-c3ccccc3)nn21)Nc1ccccc1F.